The van der Waals surface area contributed by atoms with Crippen LogP contribution in [0, 0.1) is 5.82 Å². The number of pyridine rings is 1. The van der Waals surface area contributed by atoms with Crippen molar-refractivity contribution in [2.24, 2.45) is 0 Å². The minimum Gasteiger partial charge on any atom is -0.507 e. The number of aliphatic hydroxyl groups is 1. The van der Waals surface area contributed by atoms with E-state index in [2.05, 4.69) is 21.8 Å². The van der Waals surface area contributed by atoms with Gasteiger partial charge in [0.15, 0.2) is 15.8 Å². The summed E-state index contributed by atoms with van der Waals surface area (Å²) in [5.41, 5.74) is 1.61. The van der Waals surface area contributed by atoms with Gasteiger partial charge in [-0.05, 0) is 54.4 Å². The second kappa shape index (κ2) is 13.0. The monoisotopic (exact) mass is 604 g/mol. The van der Waals surface area contributed by atoms with E-state index in [0.29, 0.717) is 39.3 Å². The lowest BCUT2D eigenvalue weighted by molar-refractivity contribution is -0.132. The highest BCUT2D eigenvalue weighted by Crippen LogP contribution is 2.45. The largest absolute Gasteiger partial charge is 0.507 e. The van der Waals surface area contributed by atoms with Crippen molar-refractivity contribution in [2.45, 2.75) is 23.1 Å². The maximum absolute atomic E-state index is 13.5. The number of nitrogens with zero attached hydrogens (tertiary/aromatic N) is 4. The minimum atomic E-state index is -1.03. The van der Waals surface area contributed by atoms with E-state index < -0.39 is 17.7 Å². The number of ether oxygens (including phenoxy) is 2. The predicted octanol–water partition coefficient (Wildman–Crippen LogP) is 5.95. The van der Waals surface area contributed by atoms with E-state index in [0.717, 1.165) is 16.9 Å². The molecule has 1 aliphatic heterocycles. The van der Waals surface area contributed by atoms with Crippen LogP contribution < -0.4 is 14.4 Å². The van der Waals surface area contributed by atoms with E-state index >= 15 is 0 Å². The summed E-state index contributed by atoms with van der Waals surface area (Å²) >= 11 is 2.50. The normalized spacial score (nSPS) is 16.0. The predicted molar refractivity (Wildman–Crippen MR) is 158 cm³/mol. The highest BCUT2D eigenvalue weighted by atomic mass is 32.2. The van der Waals surface area contributed by atoms with E-state index in [4.69, 9.17) is 9.47 Å². The minimum absolute atomic E-state index is 0.107. The standard InChI is InChI=1S/C30H25FN4O5S2/c1-3-15-40-22-10-7-20(16-23(22)39-4-2)25-24(26(36)19-11-13-32-14-12-19)27(37)28(38)35(25)29-33-34-30(42-29)41-17-18-5-8-21(31)9-6-18/h3,5-14,16,25,36H,1,4,15,17H2,2H3/b26-24+. The van der Waals surface area contributed by atoms with E-state index in [-0.39, 0.29) is 28.9 Å². The number of ketones is 1. The smallest absolute Gasteiger partial charge is 0.301 e. The van der Waals surface area contributed by atoms with Crippen LogP contribution in [0.5, 0.6) is 11.5 Å². The van der Waals surface area contributed by atoms with Gasteiger partial charge < -0.3 is 14.6 Å². The summed E-state index contributed by atoms with van der Waals surface area (Å²) in [4.78, 5) is 32.2. The molecule has 12 heteroatoms. The van der Waals surface area contributed by atoms with E-state index in [1.807, 2.05) is 6.92 Å². The molecular formula is C30H25FN4O5S2. The van der Waals surface area contributed by atoms with Gasteiger partial charge in [0.25, 0.3) is 5.78 Å². The van der Waals surface area contributed by atoms with Crippen molar-refractivity contribution in [3.05, 3.63) is 108 Å². The molecule has 0 bridgehead atoms. The number of carbonyl (C=O) groups excluding carboxylic acids is 2. The Morgan fingerprint density at radius 2 is 1.86 bits per heavy atom. The first-order chi connectivity index (χ1) is 20.4. The van der Waals surface area contributed by atoms with Crippen molar-refractivity contribution >= 4 is 45.7 Å². The number of aromatic nitrogens is 3. The number of carbonyl (C=O) groups is 2. The van der Waals surface area contributed by atoms with Gasteiger partial charge >= 0.3 is 5.91 Å². The zero-order valence-corrected chi connectivity index (χ0v) is 24.0. The van der Waals surface area contributed by atoms with Gasteiger partial charge in [-0.2, -0.15) is 0 Å². The van der Waals surface area contributed by atoms with Crippen LogP contribution in [0.25, 0.3) is 5.76 Å². The molecule has 9 nitrogen and oxygen atoms in total. The second-order valence-corrected chi connectivity index (χ2v) is 11.1. The number of hydrogen-bond acceptors (Lipinski definition) is 10. The van der Waals surface area contributed by atoms with Crippen LogP contribution in [0.1, 0.15) is 29.7 Å². The molecule has 2 aromatic heterocycles. The second-order valence-electron chi connectivity index (χ2n) is 8.91. The SMILES string of the molecule is C=CCOc1ccc(C2/C(=C(\O)c3ccncc3)C(=O)C(=O)N2c2nnc(SCc3ccc(F)cc3)s2)cc1OCC. The van der Waals surface area contributed by atoms with E-state index in [1.165, 1.54) is 41.2 Å². The van der Waals surface area contributed by atoms with Crippen LogP contribution in [-0.4, -0.2) is 45.2 Å². The van der Waals surface area contributed by atoms with Gasteiger partial charge in [0.2, 0.25) is 5.13 Å². The lowest BCUT2D eigenvalue weighted by Crippen LogP contribution is -2.29. The molecule has 2 aromatic carbocycles. The number of rotatable bonds is 11. The Labute approximate surface area is 249 Å². The molecule has 1 unspecified atom stereocenters. The number of benzene rings is 2. The molecule has 0 radical (unpaired) electrons. The highest BCUT2D eigenvalue weighted by Gasteiger charge is 2.48. The van der Waals surface area contributed by atoms with Gasteiger partial charge in [-0.15, -0.1) is 10.2 Å². The van der Waals surface area contributed by atoms with E-state index in [1.54, 1.807) is 48.5 Å². The molecule has 1 atom stereocenters. The molecule has 3 heterocycles. The quantitative estimate of drug-likeness (QED) is 0.0554. The molecular weight excluding hydrogens is 579 g/mol. The van der Waals surface area contributed by atoms with Crippen LogP contribution in [0.3, 0.4) is 0 Å². The van der Waals surface area contributed by atoms with Crippen molar-refractivity contribution in [2.75, 3.05) is 18.1 Å². The number of amides is 1. The first-order valence-electron chi connectivity index (χ1n) is 12.8. The molecule has 4 aromatic rings. The van der Waals surface area contributed by atoms with Crippen molar-refractivity contribution in [3.63, 3.8) is 0 Å². The summed E-state index contributed by atoms with van der Waals surface area (Å²) in [5, 5.41) is 19.9. The maximum atomic E-state index is 13.5. The first-order valence-corrected chi connectivity index (χ1v) is 14.6. The number of halogens is 1. The van der Waals surface area contributed by atoms with Crippen molar-refractivity contribution in [3.8, 4) is 11.5 Å². The zero-order chi connectivity index (χ0) is 29.6. The van der Waals surface area contributed by atoms with Crippen molar-refractivity contribution in [1.82, 2.24) is 15.2 Å². The van der Waals surface area contributed by atoms with Gasteiger partial charge in [0.05, 0.1) is 18.2 Å². The molecule has 214 valence electrons. The average molecular weight is 605 g/mol. The van der Waals surface area contributed by atoms with Crippen LogP contribution in [-0.2, 0) is 15.3 Å². The third-order valence-corrected chi connectivity index (χ3v) is 8.34. The summed E-state index contributed by atoms with van der Waals surface area (Å²) < 4.78 is 25.4. The lowest BCUT2D eigenvalue weighted by atomic mass is 9.95. The number of aliphatic hydroxyl groups excluding tert-OH is 1. The Morgan fingerprint density at radius 3 is 2.57 bits per heavy atom. The number of Topliss-reactive ketones (excluding diaryl/α,β-unsaturated/α-hetero) is 1. The van der Waals surface area contributed by atoms with Crippen LogP contribution in [0.4, 0.5) is 9.52 Å². The fourth-order valence-electron chi connectivity index (χ4n) is 4.33. The Morgan fingerprint density at radius 1 is 1.10 bits per heavy atom. The zero-order valence-electron chi connectivity index (χ0n) is 22.4. The lowest BCUT2D eigenvalue weighted by Gasteiger charge is -2.23. The molecule has 1 amide bonds. The van der Waals surface area contributed by atoms with Crippen LogP contribution in [0.15, 0.2) is 89.6 Å². The molecule has 1 saturated heterocycles. The fraction of sp³-hybridized carbons (Fsp3) is 0.167. The van der Waals surface area contributed by atoms with Gasteiger partial charge in [-0.3, -0.25) is 19.5 Å². The summed E-state index contributed by atoms with van der Waals surface area (Å²) in [5.74, 6) is -1.02. The van der Waals surface area contributed by atoms with Crippen LogP contribution >= 0.6 is 23.1 Å². The number of thioether (sulfide) groups is 1. The Hall–Kier alpha value is -4.55. The molecule has 0 spiro atoms. The Balaban J connectivity index is 1.56. The van der Waals surface area contributed by atoms with Crippen LogP contribution in [0.2, 0.25) is 0 Å². The van der Waals surface area contributed by atoms with Gasteiger partial charge in [0.1, 0.15) is 18.2 Å². The Bertz CT molecular complexity index is 1640. The number of hydrogen-bond donors (Lipinski definition) is 1. The molecule has 0 saturated carbocycles. The molecule has 42 heavy (non-hydrogen) atoms. The third kappa shape index (κ3) is 6.04. The molecule has 0 aliphatic carbocycles. The van der Waals surface area contributed by atoms with Gasteiger partial charge in [0, 0.05) is 23.7 Å². The fourth-order valence-corrected chi connectivity index (χ4v) is 6.15. The third-order valence-electron chi connectivity index (χ3n) is 6.22. The molecule has 1 fully saturated rings. The highest BCUT2D eigenvalue weighted by molar-refractivity contribution is 8.00. The van der Waals surface area contributed by atoms with Crippen molar-refractivity contribution < 1.29 is 28.6 Å². The topological polar surface area (TPSA) is 115 Å². The molecule has 5 rings (SSSR count). The maximum Gasteiger partial charge on any atom is 0.301 e. The summed E-state index contributed by atoms with van der Waals surface area (Å²) in [6, 6.07) is 13.3. The van der Waals surface area contributed by atoms with Crippen molar-refractivity contribution in [1.29, 1.82) is 0 Å². The summed E-state index contributed by atoms with van der Waals surface area (Å²) in [7, 11) is 0. The Kier molecular flexibility index (Phi) is 8.94. The molecule has 1 aliphatic rings. The first kappa shape index (κ1) is 29.0. The van der Waals surface area contributed by atoms with E-state index in [9.17, 15) is 19.1 Å². The summed E-state index contributed by atoms with van der Waals surface area (Å²) in [6.45, 7) is 6.09. The van der Waals surface area contributed by atoms with Gasteiger partial charge in [-0.1, -0.05) is 54.0 Å². The average Bonchev–Trinajstić information content (AvgIpc) is 3.58. The summed E-state index contributed by atoms with van der Waals surface area (Å²) in [6.07, 6.45) is 4.57. The number of anilines is 1. The van der Waals surface area contributed by atoms with Gasteiger partial charge in [-0.25, -0.2) is 4.39 Å². The molecule has 1 N–H and O–H groups in total.